The summed E-state index contributed by atoms with van der Waals surface area (Å²) in [6.45, 7) is 4.49. The highest BCUT2D eigenvalue weighted by atomic mass is 32.1. The smallest absolute Gasteiger partial charge is 0.319 e. The SMILES string of the molecule is CCNC(=O)Nc1sc2ccccc2c1C(=O)N1CCC2(CC1)N=C(Cc1cccc(NC(C)=O)c1)NC2=O. The number of thiophene rings is 1. The van der Waals surface area contributed by atoms with Gasteiger partial charge in [-0.2, -0.15) is 0 Å². The molecule has 5 amide bonds. The molecular formula is C28H30N6O4S. The van der Waals surface area contributed by atoms with Crippen LogP contribution in [0.5, 0.6) is 0 Å². The highest BCUT2D eigenvalue weighted by molar-refractivity contribution is 7.23. The number of carbonyl (C=O) groups is 4. The normalized spacial score (nSPS) is 16.1. The number of hydrogen-bond donors (Lipinski definition) is 4. The summed E-state index contributed by atoms with van der Waals surface area (Å²) in [7, 11) is 0. The van der Waals surface area contributed by atoms with E-state index in [2.05, 4.69) is 21.3 Å². The molecule has 2 aliphatic rings. The molecule has 11 heteroatoms. The van der Waals surface area contributed by atoms with Gasteiger partial charge in [-0.1, -0.05) is 30.3 Å². The van der Waals surface area contributed by atoms with Gasteiger partial charge in [0.15, 0.2) is 0 Å². The Kier molecular flexibility index (Phi) is 7.34. The van der Waals surface area contributed by atoms with Crippen LogP contribution < -0.4 is 21.3 Å². The molecular weight excluding hydrogens is 516 g/mol. The van der Waals surface area contributed by atoms with E-state index in [0.29, 0.717) is 61.0 Å². The molecule has 10 nitrogen and oxygen atoms in total. The van der Waals surface area contributed by atoms with Crippen molar-refractivity contribution in [3.63, 3.8) is 0 Å². The number of nitrogens with zero attached hydrogens (tertiary/aromatic N) is 2. The van der Waals surface area contributed by atoms with Crippen LogP contribution in [0.25, 0.3) is 10.1 Å². The van der Waals surface area contributed by atoms with Gasteiger partial charge in [-0.25, -0.2) is 4.79 Å². The molecule has 1 aromatic heterocycles. The Morgan fingerprint density at radius 3 is 2.59 bits per heavy atom. The van der Waals surface area contributed by atoms with Crippen LogP contribution in [0.15, 0.2) is 53.5 Å². The van der Waals surface area contributed by atoms with Gasteiger partial charge in [-0.3, -0.25) is 24.7 Å². The lowest BCUT2D eigenvalue weighted by Gasteiger charge is -2.35. The van der Waals surface area contributed by atoms with Crippen molar-refractivity contribution in [2.45, 2.75) is 38.6 Å². The van der Waals surface area contributed by atoms with Crippen LogP contribution >= 0.6 is 11.3 Å². The first-order valence-corrected chi connectivity index (χ1v) is 13.7. The molecule has 2 aromatic carbocycles. The van der Waals surface area contributed by atoms with Crippen LogP contribution in [0.3, 0.4) is 0 Å². The van der Waals surface area contributed by atoms with Crippen LogP contribution in [0.4, 0.5) is 15.5 Å². The molecule has 1 fully saturated rings. The first kappa shape index (κ1) is 26.4. The van der Waals surface area contributed by atoms with Crippen LogP contribution in [-0.2, 0) is 16.0 Å². The minimum atomic E-state index is -0.903. The Morgan fingerprint density at radius 1 is 1.08 bits per heavy atom. The second-order valence-electron chi connectivity index (χ2n) is 9.68. The van der Waals surface area contributed by atoms with Gasteiger partial charge in [0.25, 0.3) is 11.8 Å². The van der Waals surface area contributed by atoms with Gasteiger partial charge < -0.3 is 20.9 Å². The lowest BCUT2D eigenvalue weighted by Crippen LogP contribution is -2.50. The van der Waals surface area contributed by atoms with Gasteiger partial charge in [0.1, 0.15) is 16.4 Å². The molecule has 3 aromatic rings. The van der Waals surface area contributed by atoms with Crippen molar-refractivity contribution in [3.05, 3.63) is 59.7 Å². The molecule has 39 heavy (non-hydrogen) atoms. The van der Waals surface area contributed by atoms with Gasteiger partial charge >= 0.3 is 6.03 Å². The van der Waals surface area contributed by atoms with Crippen molar-refractivity contribution in [2.75, 3.05) is 30.3 Å². The summed E-state index contributed by atoms with van der Waals surface area (Å²) in [5.41, 5.74) is 1.17. The summed E-state index contributed by atoms with van der Waals surface area (Å²) < 4.78 is 0.910. The number of likely N-dealkylation sites (tertiary alicyclic amines) is 1. The van der Waals surface area contributed by atoms with E-state index >= 15 is 0 Å². The highest BCUT2D eigenvalue weighted by Gasteiger charge is 2.46. The molecule has 0 aliphatic carbocycles. The maximum atomic E-state index is 13.7. The van der Waals surface area contributed by atoms with Crippen LogP contribution in [-0.4, -0.2) is 59.7 Å². The number of hydrogen-bond acceptors (Lipinski definition) is 6. The minimum absolute atomic E-state index is 0.151. The summed E-state index contributed by atoms with van der Waals surface area (Å²) in [4.78, 5) is 56.9. The van der Waals surface area contributed by atoms with Crippen molar-refractivity contribution >= 4 is 61.7 Å². The molecule has 0 bridgehead atoms. The fourth-order valence-electron chi connectivity index (χ4n) is 5.05. The van der Waals surface area contributed by atoms with Crippen LogP contribution in [0.2, 0.25) is 0 Å². The molecule has 202 valence electrons. The van der Waals surface area contributed by atoms with E-state index in [1.807, 2.05) is 55.5 Å². The number of piperidine rings is 1. The molecule has 0 unspecified atom stereocenters. The second-order valence-corrected chi connectivity index (χ2v) is 10.7. The number of benzene rings is 2. The summed E-state index contributed by atoms with van der Waals surface area (Å²) in [6.07, 6.45) is 1.24. The molecule has 0 atom stereocenters. The Hall–Kier alpha value is -4.25. The summed E-state index contributed by atoms with van der Waals surface area (Å²) in [5, 5.41) is 12.5. The summed E-state index contributed by atoms with van der Waals surface area (Å²) >= 11 is 1.37. The van der Waals surface area contributed by atoms with Gasteiger partial charge in [-0.15, -0.1) is 11.3 Å². The average molecular weight is 547 g/mol. The Balaban J connectivity index is 1.31. The summed E-state index contributed by atoms with van der Waals surface area (Å²) in [5.74, 6) is 0.104. The Bertz CT molecular complexity index is 1490. The lowest BCUT2D eigenvalue weighted by molar-refractivity contribution is -0.125. The zero-order valence-corrected chi connectivity index (χ0v) is 22.6. The molecule has 3 heterocycles. The summed E-state index contributed by atoms with van der Waals surface area (Å²) in [6, 6.07) is 14.7. The number of carbonyl (C=O) groups excluding carboxylic acids is 4. The monoisotopic (exact) mass is 546 g/mol. The van der Waals surface area contributed by atoms with Gasteiger partial charge in [-0.05, 0) is 43.5 Å². The minimum Gasteiger partial charge on any atom is -0.338 e. The number of amides is 5. The predicted octanol–water partition coefficient (Wildman–Crippen LogP) is 3.75. The van der Waals surface area contributed by atoms with Crippen molar-refractivity contribution in [3.8, 4) is 0 Å². The van der Waals surface area contributed by atoms with E-state index < -0.39 is 5.54 Å². The predicted molar refractivity (Wildman–Crippen MR) is 152 cm³/mol. The fraction of sp³-hybridized carbons (Fsp3) is 0.321. The van der Waals surface area contributed by atoms with E-state index in [1.165, 1.54) is 18.3 Å². The number of fused-ring (bicyclic) bond motifs is 1. The number of amidine groups is 1. The van der Waals surface area contributed by atoms with Crippen molar-refractivity contribution in [1.82, 2.24) is 15.5 Å². The number of urea groups is 1. The standard InChI is InChI=1S/C28H30N6O4S/c1-3-29-27(38)32-24-23(20-9-4-5-10-21(20)39-24)25(36)34-13-11-28(12-14-34)26(37)31-22(33-28)16-18-7-6-8-19(15-18)30-17(2)35/h4-10,15H,3,11-14,16H2,1-2H3,(H,30,35)(H2,29,32,38)(H,31,33,37). The fourth-order valence-corrected chi connectivity index (χ4v) is 6.14. The molecule has 1 spiro atoms. The van der Waals surface area contributed by atoms with Crippen molar-refractivity contribution in [2.24, 2.45) is 4.99 Å². The van der Waals surface area contributed by atoms with Gasteiger partial charge in [0, 0.05) is 48.8 Å². The van der Waals surface area contributed by atoms with E-state index in [4.69, 9.17) is 4.99 Å². The maximum Gasteiger partial charge on any atom is 0.319 e. The number of anilines is 2. The van der Waals surface area contributed by atoms with Crippen molar-refractivity contribution < 1.29 is 19.2 Å². The zero-order chi connectivity index (χ0) is 27.6. The van der Waals surface area contributed by atoms with Crippen LogP contribution in [0, 0.1) is 0 Å². The molecule has 5 rings (SSSR count). The van der Waals surface area contributed by atoms with Gasteiger partial charge in [0.2, 0.25) is 5.91 Å². The van der Waals surface area contributed by atoms with Gasteiger partial charge in [0.05, 0.1) is 5.56 Å². The third-order valence-corrected chi connectivity index (χ3v) is 7.99. The Labute approximate surface area is 229 Å². The van der Waals surface area contributed by atoms with E-state index in [9.17, 15) is 19.2 Å². The van der Waals surface area contributed by atoms with E-state index in [1.54, 1.807) is 4.90 Å². The molecule has 0 radical (unpaired) electrons. The highest BCUT2D eigenvalue weighted by Crippen LogP contribution is 2.38. The van der Waals surface area contributed by atoms with E-state index in [-0.39, 0.29) is 23.8 Å². The molecule has 4 N–H and O–H groups in total. The number of rotatable bonds is 6. The quantitative estimate of drug-likeness (QED) is 0.375. The first-order chi connectivity index (χ1) is 18.8. The molecule has 2 aliphatic heterocycles. The molecule has 1 saturated heterocycles. The second kappa shape index (κ2) is 10.9. The zero-order valence-electron chi connectivity index (χ0n) is 21.8. The first-order valence-electron chi connectivity index (χ1n) is 12.9. The third kappa shape index (κ3) is 5.49. The third-order valence-electron chi connectivity index (χ3n) is 6.90. The lowest BCUT2D eigenvalue weighted by atomic mass is 9.87. The maximum absolute atomic E-state index is 13.7. The average Bonchev–Trinajstić information content (AvgIpc) is 3.40. The largest absolute Gasteiger partial charge is 0.338 e. The number of nitrogens with one attached hydrogen (secondary N) is 4. The topological polar surface area (TPSA) is 132 Å². The van der Waals surface area contributed by atoms with Crippen molar-refractivity contribution in [1.29, 1.82) is 0 Å². The Morgan fingerprint density at radius 2 is 1.85 bits per heavy atom. The molecule has 0 saturated carbocycles. The number of aliphatic imine (C=N–C) groups is 1. The van der Waals surface area contributed by atoms with Crippen LogP contribution in [0.1, 0.15) is 42.6 Å². The van der Waals surface area contributed by atoms with E-state index in [0.717, 1.165) is 15.6 Å².